The van der Waals surface area contributed by atoms with Crippen LogP contribution in [-0.2, 0) is 27.7 Å². The van der Waals surface area contributed by atoms with Gasteiger partial charge in [0.15, 0.2) is 15.6 Å². The van der Waals surface area contributed by atoms with Gasteiger partial charge < -0.3 is 9.47 Å². The van der Waals surface area contributed by atoms with Crippen LogP contribution in [0.2, 0.25) is 0 Å². The molecule has 0 amide bonds. The topological polar surface area (TPSA) is 72.0 Å². The molecule has 2 fully saturated rings. The Hall–Kier alpha value is -1.74. The lowest BCUT2D eigenvalue weighted by Gasteiger charge is -2.32. The molecule has 5 rings (SSSR count). The number of sulfone groups is 1. The molecule has 156 valence electrons. The van der Waals surface area contributed by atoms with Gasteiger partial charge in [-0.1, -0.05) is 6.07 Å². The van der Waals surface area contributed by atoms with E-state index in [4.69, 9.17) is 9.47 Å². The first-order valence-corrected chi connectivity index (χ1v) is 12.2. The van der Waals surface area contributed by atoms with Crippen molar-refractivity contribution in [1.82, 2.24) is 14.8 Å². The summed E-state index contributed by atoms with van der Waals surface area (Å²) in [5.74, 6) is 1.37. The van der Waals surface area contributed by atoms with E-state index in [0.29, 0.717) is 25.9 Å². The molecule has 8 heteroatoms. The van der Waals surface area contributed by atoms with Crippen molar-refractivity contribution >= 4 is 20.7 Å². The minimum atomic E-state index is -2.88. The summed E-state index contributed by atoms with van der Waals surface area (Å²) in [4.78, 5) is 9.14. The number of hydrogen-bond donors (Lipinski definition) is 0. The van der Waals surface area contributed by atoms with E-state index in [-0.39, 0.29) is 11.5 Å². The first-order valence-electron chi connectivity index (χ1n) is 10.4. The Kier molecular flexibility index (Phi) is 5.19. The number of fused-ring (bicyclic) bond motifs is 3. The van der Waals surface area contributed by atoms with Crippen LogP contribution in [-0.4, -0.2) is 73.8 Å². The van der Waals surface area contributed by atoms with Crippen molar-refractivity contribution in [3.63, 3.8) is 0 Å². The van der Waals surface area contributed by atoms with E-state index >= 15 is 0 Å². The molecule has 3 aliphatic heterocycles. The van der Waals surface area contributed by atoms with E-state index in [1.807, 2.05) is 12.3 Å². The molecule has 0 spiro atoms. The Morgan fingerprint density at radius 3 is 2.86 bits per heavy atom. The van der Waals surface area contributed by atoms with Crippen LogP contribution >= 0.6 is 0 Å². The van der Waals surface area contributed by atoms with Crippen LogP contribution in [0.3, 0.4) is 0 Å². The molecule has 4 heterocycles. The number of nitrogens with zero attached hydrogens (tertiary/aromatic N) is 3. The molecule has 0 saturated carbocycles. The van der Waals surface area contributed by atoms with Gasteiger partial charge in [-0.15, -0.1) is 0 Å². The number of rotatable bonds is 4. The summed E-state index contributed by atoms with van der Waals surface area (Å²) >= 11 is 0. The zero-order valence-electron chi connectivity index (χ0n) is 16.5. The second-order valence-corrected chi connectivity index (χ2v) is 10.6. The zero-order chi connectivity index (χ0) is 19.8. The van der Waals surface area contributed by atoms with Crippen molar-refractivity contribution in [2.24, 2.45) is 0 Å². The lowest BCUT2D eigenvalue weighted by molar-refractivity contribution is 0.0285. The highest BCUT2D eigenvalue weighted by Crippen LogP contribution is 2.35. The van der Waals surface area contributed by atoms with Crippen LogP contribution in [0, 0.1) is 0 Å². The third-order valence-corrected chi connectivity index (χ3v) is 7.72. The summed E-state index contributed by atoms with van der Waals surface area (Å²) in [5.41, 5.74) is 3.25. The third kappa shape index (κ3) is 4.12. The molecule has 1 unspecified atom stereocenters. The highest BCUT2D eigenvalue weighted by molar-refractivity contribution is 7.91. The molecule has 2 saturated heterocycles. The standard InChI is InChI=1S/C21H27N3O4S/c25-29(26)9-6-23(7-10-29)12-16-11-17-13-24(14-18-3-2-8-27-18)15-28-21(17)20-19(16)4-1-5-22-20/h1,4-5,11,18H,2-3,6-10,12-15H2. The molecule has 0 N–H and O–H groups in total. The molecule has 0 bridgehead atoms. The van der Waals surface area contributed by atoms with Gasteiger partial charge in [-0.2, -0.15) is 0 Å². The molecule has 3 aliphatic rings. The monoisotopic (exact) mass is 417 g/mol. The Balaban J connectivity index is 1.41. The van der Waals surface area contributed by atoms with Crippen molar-refractivity contribution in [3.05, 3.63) is 35.5 Å². The molecule has 1 atom stereocenters. The Bertz CT molecular complexity index is 990. The maximum atomic E-state index is 11.8. The molecule has 0 aliphatic carbocycles. The van der Waals surface area contributed by atoms with Crippen molar-refractivity contribution in [1.29, 1.82) is 0 Å². The van der Waals surface area contributed by atoms with Crippen LogP contribution in [0.4, 0.5) is 0 Å². The molecule has 29 heavy (non-hydrogen) atoms. The molecule has 1 aromatic carbocycles. The SMILES string of the molecule is O=S1(=O)CCN(Cc2cc3c(c4ncccc24)OCN(CC2CCCO2)C3)CC1. The quantitative estimate of drug-likeness (QED) is 0.751. The fourth-order valence-corrected chi connectivity index (χ4v) is 5.82. The average Bonchev–Trinajstić information content (AvgIpc) is 3.22. The summed E-state index contributed by atoms with van der Waals surface area (Å²) < 4.78 is 35.5. The Morgan fingerprint density at radius 2 is 2.07 bits per heavy atom. The molecular weight excluding hydrogens is 390 g/mol. The van der Waals surface area contributed by atoms with Crippen molar-refractivity contribution in [2.45, 2.75) is 32.0 Å². The van der Waals surface area contributed by atoms with E-state index in [9.17, 15) is 8.42 Å². The number of hydrogen-bond acceptors (Lipinski definition) is 7. The van der Waals surface area contributed by atoms with Crippen molar-refractivity contribution < 1.29 is 17.9 Å². The summed E-state index contributed by atoms with van der Waals surface area (Å²) in [6.45, 7) is 5.03. The summed E-state index contributed by atoms with van der Waals surface area (Å²) in [7, 11) is -2.88. The Morgan fingerprint density at radius 1 is 1.21 bits per heavy atom. The molecular formula is C21H27N3O4S. The number of benzene rings is 1. The molecule has 0 radical (unpaired) electrons. The van der Waals surface area contributed by atoms with E-state index in [1.165, 1.54) is 5.56 Å². The molecule has 1 aromatic heterocycles. The zero-order valence-corrected chi connectivity index (χ0v) is 17.4. The predicted octanol–water partition coefficient (Wildman–Crippen LogP) is 1.80. The van der Waals surface area contributed by atoms with E-state index in [0.717, 1.165) is 61.3 Å². The van der Waals surface area contributed by atoms with Crippen LogP contribution in [0.25, 0.3) is 10.9 Å². The second-order valence-electron chi connectivity index (χ2n) is 8.27. The highest BCUT2D eigenvalue weighted by Gasteiger charge is 2.27. The van der Waals surface area contributed by atoms with Gasteiger partial charge in [0.2, 0.25) is 0 Å². The smallest absolute Gasteiger partial charge is 0.152 e. The van der Waals surface area contributed by atoms with Gasteiger partial charge in [0, 0.05) is 56.5 Å². The number of ether oxygens (including phenoxy) is 2. The Labute approximate surface area is 171 Å². The fraction of sp³-hybridized carbons (Fsp3) is 0.571. The maximum absolute atomic E-state index is 11.8. The minimum Gasteiger partial charge on any atom is -0.475 e. The first-order chi connectivity index (χ1) is 14.1. The fourth-order valence-electron chi connectivity index (χ4n) is 4.55. The largest absolute Gasteiger partial charge is 0.475 e. The van der Waals surface area contributed by atoms with Gasteiger partial charge >= 0.3 is 0 Å². The van der Waals surface area contributed by atoms with E-state index < -0.39 is 9.84 Å². The van der Waals surface area contributed by atoms with Gasteiger partial charge in [0.05, 0.1) is 17.6 Å². The number of pyridine rings is 1. The van der Waals surface area contributed by atoms with Gasteiger partial charge in [0.25, 0.3) is 0 Å². The number of aromatic nitrogens is 1. The highest BCUT2D eigenvalue weighted by atomic mass is 32.2. The van der Waals surface area contributed by atoms with Crippen molar-refractivity contribution in [3.8, 4) is 5.75 Å². The normalized spacial score (nSPS) is 25.0. The van der Waals surface area contributed by atoms with Crippen molar-refractivity contribution in [2.75, 3.05) is 44.5 Å². The molecule has 7 nitrogen and oxygen atoms in total. The minimum absolute atomic E-state index is 0.242. The summed E-state index contributed by atoms with van der Waals surface area (Å²) in [5, 5.41) is 1.09. The van der Waals surface area contributed by atoms with Gasteiger partial charge in [0.1, 0.15) is 12.2 Å². The lowest BCUT2D eigenvalue weighted by Crippen LogP contribution is -2.40. The van der Waals surface area contributed by atoms with E-state index in [2.05, 4.69) is 26.9 Å². The molecule has 2 aromatic rings. The third-order valence-electron chi connectivity index (χ3n) is 6.11. The van der Waals surface area contributed by atoms with Gasteiger partial charge in [-0.3, -0.25) is 14.8 Å². The van der Waals surface area contributed by atoms with Gasteiger partial charge in [-0.05, 0) is 30.5 Å². The van der Waals surface area contributed by atoms with Crippen LogP contribution in [0.5, 0.6) is 5.75 Å². The van der Waals surface area contributed by atoms with Gasteiger partial charge in [-0.25, -0.2) is 8.42 Å². The van der Waals surface area contributed by atoms with E-state index in [1.54, 1.807) is 0 Å². The average molecular weight is 418 g/mol. The summed E-state index contributed by atoms with van der Waals surface area (Å²) in [6, 6.07) is 6.26. The summed E-state index contributed by atoms with van der Waals surface area (Å²) in [6.07, 6.45) is 4.36. The lowest BCUT2D eigenvalue weighted by atomic mass is 10.0. The first kappa shape index (κ1) is 19.2. The van der Waals surface area contributed by atoms with Crippen LogP contribution in [0.15, 0.2) is 24.4 Å². The predicted molar refractivity (Wildman–Crippen MR) is 111 cm³/mol. The van der Waals surface area contributed by atoms with Crippen LogP contribution in [0.1, 0.15) is 24.0 Å². The van der Waals surface area contributed by atoms with Crippen LogP contribution < -0.4 is 4.74 Å². The maximum Gasteiger partial charge on any atom is 0.152 e. The second kappa shape index (κ2) is 7.83.